The molecular formula is C11H16N6O. The molecule has 3 heterocycles. The molecule has 0 saturated carbocycles. The highest BCUT2D eigenvalue weighted by molar-refractivity contribution is 5.44. The Balaban J connectivity index is 1.89. The van der Waals surface area contributed by atoms with Crippen molar-refractivity contribution in [2.45, 2.75) is 32.7 Å². The van der Waals surface area contributed by atoms with Crippen LogP contribution in [0.4, 0.5) is 0 Å². The van der Waals surface area contributed by atoms with Crippen molar-refractivity contribution in [3.8, 4) is 11.5 Å². The van der Waals surface area contributed by atoms with Gasteiger partial charge in [-0.25, -0.2) is 0 Å². The van der Waals surface area contributed by atoms with Crippen LogP contribution in [0, 0.1) is 5.41 Å². The minimum atomic E-state index is 0.0967. The summed E-state index contributed by atoms with van der Waals surface area (Å²) in [4.78, 5) is 4.41. The molecule has 0 bridgehead atoms. The molecule has 1 aliphatic rings. The quantitative estimate of drug-likeness (QED) is 0.832. The molecule has 7 heteroatoms. The molecule has 2 aromatic rings. The zero-order valence-electron chi connectivity index (χ0n) is 10.5. The van der Waals surface area contributed by atoms with E-state index >= 15 is 0 Å². The molecule has 2 aromatic heterocycles. The fourth-order valence-electron chi connectivity index (χ4n) is 2.40. The Morgan fingerprint density at radius 3 is 3.06 bits per heavy atom. The van der Waals surface area contributed by atoms with Crippen LogP contribution in [0.25, 0.3) is 11.5 Å². The average molecular weight is 248 g/mol. The number of H-pyrrole nitrogens is 1. The summed E-state index contributed by atoms with van der Waals surface area (Å²) in [6, 6.07) is 0.0967. The van der Waals surface area contributed by atoms with Gasteiger partial charge in [-0.05, 0) is 24.8 Å². The summed E-state index contributed by atoms with van der Waals surface area (Å²) >= 11 is 0. The van der Waals surface area contributed by atoms with Crippen LogP contribution in [0.5, 0.6) is 0 Å². The van der Waals surface area contributed by atoms with Crippen LogP contribution in [-0.2, 0) is 0 Å². The van der Waals surface area contributed by atoms with E-state index < -0.39 is 0 Å². The van der Waals surface area contributed by atoms with Crippen LogP contribution in [-0.4, -0.2) is 32.1 Å². The largest absolute Gasteiger partial charge is 0.337 e. The van der Waals surface area contributed by atoms with E-state index in [9.17, 15) is 0 Å². The molecule has 0 aliphatic carbocycles. The second kappa shape index (κ2) is 4.16. The van der Waals surface area contributed by atoms with Gasteiger partial charge in [0, 0.05) is 0 Å². The topological polar surface area (TPSA) is 92.5 Å². The van der Waals surface area contributed by atoms with Crippen LogP contribution in [0.2, 0.25) is 0 Å². The minimum Gasteiger partial charge on any atom is -0.337 e. The summed E-state index contributed by atoms with van der Waals surface area (Å²) in [5.74, 6) is 1.10. The third-order valence-corrected chi connectivity index (χ3v) is 3.46. The smallest absolute Gasteiger partial charge is 0.244 e. The Hall–Kier alpha value is -1.76. The molecule has 96 valence electrons. The lowest BCUT2D eigenvalue weighted by molar-refractivity contribution is 0.146. The van der Waals surface area contributed by atoms with Crippen molar-refractivity contribution in [2.24, 2.45) is 5.41 Å². The summed E-state index contributed by atoms with van der Waals surface area (Å²) in [6.07, 6.45) is 3.90. The molecule has 0 aromatic carbocycles. The molecule has 3 rings (SSSR count). The van der Waals surface area contributed by atoms with Crippen molar-refractivity contribution in [1.29, 1.82) is 0 Å². The van der Waals surface area contributed by atoms with E-state index in [0.717, 1.165) is 13.0 Å². The summed E-state index contributed by atoms with van der Waals surface area (Å²) in [6.45, 7) is 5.41. The Morgan fingerprint density at radius 2 is 2.33 bits per heavy atom. The standard InChI is InChI=1S/C11H16N6O/c1-11(2)4-3-5-12-8(11)10-14-9(16-18-10)7-6-13-17-15-7/h6,8,12H,3-5H2,1-2H3,(H,13,15,17). The van der Waals surface area contributed by atoms with E-state index in [1.54, 1.807) is 6.20 Å². The number of piperidine rings is 1. The first-order valence-corrected chi connectivity index (χ1v) is 6.10. The molecular weight excluding hydrogens is 232 g/mol. The van der Waals surface area contributed by atoms with Gasteiger partial charge in [0.1, 0.15) is 0 Å². The molecule has 0 spiro atoms. The predicted octanol–water partition coefficient (Wildman–Crippen LogP) is 1.31. The van der Waals surface area contributed by atoms with E-state index in [1.807, 2.05) is 0 Å². The zero-order valence-corrected chi connectivity index (χ0v) is 10.5. The van der Waals surface area contributed by atoms with Gasteiger partial charge in [0.2, 0.25) is 11.7 Å². The number of nitrogens with zero attached hydrogens (tertiary/aromatic N) is 4. The molecule has 1 fully saturated rings. The van der Waals surface area contributed by atoms with Crippen molar-refractivity contribution in [3.05, 3.63) is 12.1 Å². The van der Waals surface area contributed by atoms with Crippen LogP contribution >= 0.6 is 0 Å². The summed E-state index contributed by atoms with van der Waals surface area (Å²) in [5, 5.41) is 17.6. The van der Waals surface area contributed by atoms with E-state index in [0.29, 0.717) is 17.4 Å². The van der Waals surface area contributed by atoms with Gasteiger partial charge in [0.25, 0.3) is 0 Å². The van der Waals surface area contributed by atoms with Gasteiger partial charge in [-0.1, -0.05) is 19.0 Å². The van der Waals surface area contributed by atoms with E-state index in [1.165, 1.54) is 6.42 Å². The van der Waals surface area contributed by atoms with Gasteiger partial charge in [0.05, 0.1) is 12.2 Å². The van der Waals surface area contributed by atoms with Crippen molar-refractivity contribution < 1.29 is 4.52 Å². The zero-order chi connectivity index (χ0) is 12.6. The Kier molecular flexibility index (Phi) is 2.62. The first-order chi connectivity index (χ1) is 8.67. The van der Waals surface area contributed by atoms with Gasteiger partial charge < -0.3 is 9.84 Å². The van der Waals surface area contributed by atoms with Crippen LogP contribution < -0.4 is 5.32 Å². The Labute approximate surface area is 104 Å². The maximum Gasteiger partial charge on any atom is 0.244 e. The Morgan fingerprint density at radius 1 is 1.44 bits per heavy atom. The van der Waals surface area contributed by atoms with Gasteiger partial charge in [-0.3, -0.25) is 0 Å². The summed E-state index contributed by atoms with van der Waals surface area (Å²) in [7, 11) is 0. The fourth-order valence-corrected chi connectivity index (χ4v) is 2.40. The fraction of sp³-hybridized carbons (Fsp3) is 0.636. The molecule has 0 radical (unpaired) electrons. The van der Waals surface area contributed by atoms with Gasteiger partial charge in [0.15, 0.2) is 5.69 Å². The lowest BCUT2D eigenvalue weighted by Crippen LogP contribution is -2.39. The molecule has 18 heavy (non-hydrogen) atoms. The third kappa shape index (κ3) is 1.90. The second-order valence-electron chi connectivity index (χ2n) is 5.29. The van der Waals surface area contributed by atoms with Gasteiger partial charge >= 0.3 is 0 Å². The molecule has 1 atom stereocenters. The minimum absolute atomic E-state index is 0.0967. The highest BCUT2D eigenvalue weighted by Crippen LogP contribution is 2.39. The number of rotatable bonds is 2. The number of hydrogen-bond donors (Lipinski definition) is 2. The van der Waals surface area contributed by atoms with Crippen molar-refractivity contribution >= 4 is 0 Å². The second-order valence-corrected chi connectivity index (χ2v) is 5.29. The van der Waals surface area contributed by atoms with Gasteiger partial charge in [-0.15, -0.1) is 0 Å². The Bertz CT molecular complexity index is 517. The summed E-state index contributed by atoms with van der Waals surface area (Å²) < 4.78 is 5.36. The van der Waals surface area contributed by atoms with E-state index in [4.69, 9.17) is 4.52 Å². The van der Waals surface area contributed by atoms with Gasteiger partial charge in [-0.2, -0.15) is 20.4 Å². The monoisotopic (exact) mass is 248 g/mol. The lowest BCUT2D eigenvalue weighted by Gasteiger charge is -2.36. The van der Waals surface area contributed by atoms with E-state index in [-0.39, 0.29) is 11.5 Å². The predicted molar refractivity (Wildman–Crippen MR) is 63.4 cm³/mol. The number of nitrogens with one attached hydrogen (secondary N) is 2. The first kappa shape index (κ1) is 11.3. The van der Waals surface area contributed by atoms with Crippen LogP contribution in [0.15, 0.2) is 10.7 Å². The number of aromatic nitrogens is 5. The maximum atomic E-state index is 5.36. The summed E-state index contributed by atoms with van der Waals surface area (Å²) in [5.41, 5.74) is 0.713. The molecule has 2 N–H and O–H groups in total. The van der Waals surface area contributed by atoms with Crippen LogP contribution in [0.1, 0.15) is 38.6 Å². The maximum absolute atomic E-state index is 5.36. The molecule has 7 nitrogen and oxygen atoms in total. The molecule has 0 amide bonds. The highest BCUT2D eigenvalue weighted by atomic mass is 16.5. The molecule has 1 saturated heterocycles. The molecule has 1 unspecified atom stereocenters. The van der Waals surface area contributed by atoms with Crippen molar-refractivity contribution in [3.63, 3.8) is 0 Å². The third-order valence-electron chi connectivity index (χ3n) is 3.46. The molecule has 1 aliphatic heterocycles. The average Bonchev–Trinajstić information content (AvgIpc) is 2.99. The highest BCUT2D eigenvalue weighted by Gasteiger charge is 2.37. The number of aromatic amines is 1. The first-order valence-electron chi connectivity index (χ1n) is 6.10. The van der Waals surface area contributed by atoms with Crippen LogP contribution in [0.3, 0.4) is 0 Å². The SMILES string of the molecule is CC1(C)CCCNC1c1nc(-c2cn[nH]n2)no1. The number of hydrogen-bond acceptors (Lipinski definition) is 6. The van der Waals surface area contributed by atoms with Crippen molar-refractivity contribution in [1.82, 2.24) is 30.9 Å². The van der Waals surface area contributed by atoms with Crippen molar-refractivity contribution in [2.75, 3.05) is 6.54 Å². The normalized spacial score (nSPS) is 23.1. The van der Waals surface area contributed by atoms with E-state index in [2.05, 4.69) is 44.7 Å². The lowest BCUT2D eigenvalue weighted by atomic mass is 9.77.